The van der Waals surface area contributed by atoms with Crippen molar-refractivity contribution in [3.05, 3.63) is 35.4 Å². The molecule has 3 saturated heterocycles. The van der Waals surface area contributed by atoms with Crippen molar-refractivity contribution in [2.24, 2.45) is 0 Å². The summed E-state index contributed by atoms with van der Waals surface area (Å²) in [5.41, 5.74) is 3.76. The number of fused-ring (bicyclic) bond motifs is 6. The molecule has 0 radical (unpaired) electrons. The highest BCUT2D eigenvalue weighted by atomic mass is 19.1. The molecule has 5 aliphatic heterocycles. The first-order chi connectivity index (χ1) is 26.3. The SMILES string of the molecule is CC.CCC.CCC(=O)C1CCC2(COc3nc4c5cnc(c(F)c5n3)-c3c(c(C)cc5[nH]ncc35)CCCOC3COCCN4C3)CCCN12.O=CO. The lowest BCUT2D eigenvalue weighted by Crippen LogP contribution is -2.48. The van der Waals surface area contributed by atoms with Crippen LogP contribution < -0.4 is 9.64 Å². The first-order valence-corrected chi connectivity index (χ1v) is 19.6. The Morgan fingerprint density at radius 1 is 1.13 bits per heavy atom. The lowest BCUT2D eigenvalue weighted by Gasteiger charge is -2.34. The molecule has 14 heteroatoms. The lowest BCUT2D eigenvalue weighted by atomic mass is 9.92. The molecule has 13 nitrogen and oxygen atoms in total. The van der Waals surface area contributed by atoms with Gasteiger partial charge in [-0.2, -0.15) is 15.1 Å². The molecular weight excluding hydrogens is 693 g/mol. The molecule has 3 atom stereocenters. The summed E-state index contributed by atoms with van der Waals surface area (Å²) in [4.78, 5) is 39.9. The topological polar surface area (TPSA) is 156 Å². The summed E-state index contributed by atoms with van der Waals surface area (Å²) < 4.78 is 35.8. The molecule has 5 aliphatic rings. The number of pyridine rings is 1. The van der Waals surface area contributed by atoms with E-state index in [0.29, 0.717) is 63.6 Å². The van der Waals surface area contributed by atoms with Gasteiger partial charge in [-0.05, 0) is 69.2 Å². The Morgan fingerprint density at radius 2 is 1.91 bits per heavy atom. The Balaban J connectivity index is 0.000000650. The number of hydrogen-bond donors (Lipinski definition) is 2. The number of anilines is 1. The number of aromatic nitrogens is 5. The zero-order valence-corrected chi connectivity index (χ0v) is 32.6. The fraction of sp³-hybridized carbons (Fsp3) is 0.600. The summed E-state index contributed by atoms with van der Waals surface area (Å²) in [6.45, 7) is 15.8. The third-order valence-electron chi connectivity index (χ3n) is 10.5. The first kappa shape index (κ1) is 40.9. The number of aryl methyl sites for hydroxylation is 1. The maximum atomic E-state index is 17.0. The molecule has 54 heavy (non-hydrogen) atoms. The van der Waals surface area contributed by atoms with Crippen LogP contribution in [0.4, 0.5) is 10.2 Å². The van der Waals surface area contributed by atoms with Crippen LogP contribution >= 0.6 is 0 Å². The highest BCUT2D eigenvalue weighted by Crippen LogP contribution is 2.44. The summed E-state index contributed by atoms with van der Waals surface area (Å²) >= 11 is 0. The molecule has 6 bridgehead atoms. The van der Waals surface area contributed by atoms with Crippen molar-refractivity contribution in [2.75, 3.05) is 51.0 Å². The van der Waals surface area contributed by atoms with Gasteiger partial charge in [-0.15, -0.1) is 0 Å². The predicted molar refractivity (Wildman–Crippen MR) is 207 cm³/mol. The number of carbonyl (C=O) groups is 2. The number of H-pyrrole nitrogens is 1. The van der Waals surface area contributed by atoms with Crippen LogP contribution in [0.3, 0.4) is 0 Å². The second-order valence-electron chi connectivity index (χ2n) is 14.0. The average molecular weight is 750 g/mol. The minimum Gasteiger partial charge on any atom is -0.483 e. The van der Waals surface area contributed by atoms with E-state index in [1.807, 2.05) is 27.7 Å². The highest BCUT2D eigenvalue weighted by molar-refractivity contribution is 5.99. The number of carbonyl (C=O) groups excluding carboxylic acids is 1. The zero-order chi connectivity index (χ0) is 38.8. The third-order valence-corrected chi connectivity index (χ3v) is 10.5. The van der Waals surface area contributed by atoms with Crippen molar-refractivity contribution in [3.8, 4) is 17.3 Å². The minimum absolute atomic E-state index is 0.0638. The van der Waals surface area contributed by atoms with Gasteiger partial charge in [0.05, 0.1) is 48.0 Å². The summed E-state index contributed by atoms with van der Waals surface area (Å²) in [7, 11) is 0. The van der Waals surface area contributed by atoms with Gasteiger partial charge in [0.15, 0.2) is 5.82 Å². The molecule has 0 amide bonds. The van der Waals surface area contributed by atoms with Crippen LogP contribution in [0.1, 0.15) is 90.7 Å². The Morgan fingerprint density at radius 3 is 2.67 bits per heavy atom. The fourth-order valence-electron chi connectivity index (χ4n) is 8.21. The first-order valence-electron chi connectivity index (χ1n) is 19.6. The Kier molecular flexibility index (Phi) is 14.3. The Bertz CT molecular complexity index is 1890. The smallest absolute Gasteiger partial charge is 0.319 e. The zero-order valence-electron chi connectivity index (χ0n) is 32.6. The molecule has 0 aliphatic carbocycles. The molecule has 3 fully saturated rings. The van der Waals surface area contributed by atoms with Gasteiger partial charge < -0.3 is 24.2 Å². The number of nitrogens with one attached hydrogen (secondary N) is 1. The molecule has 4 aromatic rings. The van der Waals surface area contributed by atoms with Gasteiger partial charge in [0, 0.05) is 43.3 Å². The number of nitrogens with zero attached hydrogens (tertiary/aromatic N) is 6. The molecule has 3 unspecified atom stereocenters. The van der Waals surface area contributed by atoms with Gasteiger partial charge in [0.25, 0.3) is 6.47 Å². The van der Waals surface area contributed by atoms with Crippen molar-refractivity contribution in [3.63, 3.8) is 0 Å². The second kappa shape index (κ2) is 18.9. The summed E-state index contributed by atoms with van der Waals surface area (Å²) in [6.07, 6.45) is 10.2. The van der Waals surface area contributed by atoms with Crippen molar-refractivity contribution in [1.82, 2.24) is 30.0 Å². The number of ether oxygens (including phenoxy) is 3. The average Bonchev–Trinajstić information content (AvgIpc) is 3.85. The van der Waals surface area contributed by atoms with Crippen molar-refractivity contribution < 1.29 is 33.3 Å². The number of ketones is 1. The maximum absolute atomic E-state index is 17.0. The quantitative estimate of drug-likeness (QED) is 0.209. The van der Waals surface area contributed by atoms with E-state index >= 15 is 4.39 Å². The Hall–Kier alpha value is -4.27. The van der Waals surface area contributed by atoms with E-state index in [0.717, 1.165) is 66.2 Å². The molecule has 294 valence electrons. The van der Waals surface area contributed by atoms with Gasteiger partial charge in [-0.1, -0.05) is 41.0 Å². The molecule has 2 N–H and O–H groups in total. The summed E-state index contributed by atoms with van der Waals surface area (Å²) in [6, 6.07) is 2.12. The fourth-order valence-corrected chi connectivity index (χ4v) is 8.21. The number of halogens is 1. The summed E-state index contributed by atoms with van der Waals surface area (Å²) in [5, 5.41) is 15.5. The summed E-state index contributed by atoms with van der Waals surface area (Å²) in [5.74, 6) is 0.329. The van der Waals surface area contributed by atoms with Gasteiger partial charge in [0.1, 0.15) is 29.4 Å². The van der Waals surface area contributed by atoms with E-state index in [2.05, 4.69) is 39.9 Å². The molecule has 0 saturated carbocycles. The van der Waals surface area contributed by atoms with E-state index in [4.69, 9.17) is 39.1 Å². The normalized spacial score (nSPS) is 22.1. The van der Waals surface area contributed by atoms with E-state index in [1.54, 1.807) is 12.4 Å². The lowest BCUT2D eigenvalue weighted by molar-refractivity contribution is -0.124. The van der Waals surface area contributed by atoms with E-state index < -0.39 is 5.82 Å². The van der Waals surface area contributed by atoms with Crippen molar-refractivity contribution >= 4 is 39.9 Å². The largest absolute Gasteiger partial charge is 0.483 e. The van der Waals surface area contributed by atoms with E-state index in [-0.39, 0.29) is 47.2 Å². The van der Waals surface area contributed by atoms with Crippen LogP contribution in [0.15, 0.2) is 18.5 Å². The third kappa shape index (κ3) is 8.35. The number of carboxylic acid groups (broad SMARTS) is 1. The number of Topliss-reactive ketones (excluding diaryl/α,β-unsaturated/α-hetero) is 1. The molecule has 3 aromatic heterocycles. The number of hydrogen-bond acceptors (Lipinski definition) is 11. The van der Waals surface area contributed by atoms with Gasteiger partial charge in [0.2, 0.25) is 0 Å². The van der Waals surface area contributed by atoms with Crippen LogP contribution in [-0.4, -0.2) is 111 Å². The Labute approximate surface area is 317 Å². The maximum Gasteiger partial charge on any atom is 0.319 e. The molecule has 8 heterocycles. The standard InChI is InChI=1S/C34H40FN7O4.C3H8.C2H6.CH2O2/c1-3-27(43)26-7-9-34(8-5-10-42(26)34)19-46-33-38-30-24-15-36-31(29(30)35)28-22(20(2)14-25-23(28)16-37-40-25)6-4-12-45-21-17-41(32(24)39-33)11-13-44-18-21;1-3-2;1-2;2-1-3/h14-16,21,26H,3-13,17-19H2,1-2H3,(H,37,40);3H2,1-2H3;1-2H3;1H,(H,2,3). The van der Waals surface area contributed by atoms with Gasteiger partial charge >= 0.3 is 6.01 Å². The van der Waals surface area contributed by atoms with E-state index in [1.165, 1.54) is 6.42 Å². The second-order valence-corrected chi connectivity index (χ2v) is 14.0. The highest BCUT2D eigenvalue weighted by Gasteiger charge is 2.51. The van der Waals surface area contributed by atoms with Gasteiger partial charge in [-0.25, -0.2) is 4.39 Å². The number of aromatic amines is 1. The van der Waals surface area contributed by atoms with Crippen molar-refractivity contribution in [1.29, 1.82) is 0 Å². The van der Waals surface area contributed by atoms with Gasteiger partial charge in [-0.3, -0.25) is 24.6 Å². The van der Waals surface area contributed by atoms with Crippen molar-refractivity contribution in [2.45, 2.75) is 111 Å². The molecule has 9 rings (SSSR count). The number of rotatable bonds is 5. The van der Waals surface area contributed by atoms with Crippen LogP contribution in [0.5, 0.6) is 6.01 Å². The van der Waals surface area contributed by atoms with Crippen LogP contribution in [0.2, 0.25) is 0 Å². The molecule has 1 aromatic carbocycles. The van der Waals surface area contributed by atoms with E-state index in [9.17, 15) is 4.79 Å². The van der Waals surface area contributed by atoms with Crippen LogP contribution in [0.25, 0.3) is 33.1 Å². The molecular formula is C40H56FN7O6. The monoisotopic (exact) mass is 749 g/mol. The van der Waals surface area contributed by atoms with Crippen LogP contribution in [0, 0.1) is 12.7 Å². The van der Waals surface area contributed by atoms with Crippen LogP contribution in [-0.2, 0) is 25.5 Å². The number of benzene rings is 1. The minimum atomic E-state index is -0.508. The molecule has 0 spiro atoms. The predicted octanol–water partition coefficient (Wildman–Crippen LogP) is 6.68.